The lowest BCUT2D eigenvalue weighted by molar-refractivity contribution is 0.428. The Morgan fingerprint density at radius 2 is 1.82 bits per heavy atom. The molecule has 0 saturated heterocycles. The monoisotopic (exact) mass is 377 g/mol. The highest BCUT2D eigenvalue weighted by atomic mass is 19.1. The Balaban J connectivity index is 1.56. The fraction of sp³-hybridized carbons (Fsp3) is 0.304. The van der Waals surface area contributed by atoms with Crippen molar-refractivity contribution in [2.45, 2.75) is 38.1 Å². The Kier molecular flexibility index (Phi) is 5.92. The van der Waals surface area contributed by atoms with Crippen LogP contribution >= 0.6 is 0 Å². The van der Waals surface area contributed by atoms with Crippen LogP contribution in [0.5, 0.6) is 0 Å². The summed E-state index contributed by atoms with van der Waals surface area (Å²) < 4.78 is 20.4. The van der Waals surface area contributed by atoms with Crippen molar-refractivity contribution in [1.29, 1.82) is 0 Å². The highest BCUT2D eigenvalue weighted by molar-refractivity contribution is 5.51. The van der Waals surface area contributed by atoms with E-state index < -0.39 is 6.04 Å². The van der Waals surface area contributed by atoms with Crippen molar-refractivity contribution in [3.63, 3.8) is 0 Å². The first-order valence-corrected chi connectivity index (χ1v) is 9.86. The molecule has 1 atom stereocenters. The molecule has 0 aliphatic heterocycles. The van der Waals surface area contributed by atoms with E-state index in [-0.39, 0.29) is 5.82 Å². The second-order valence-corrected chi connectivity index (χ2v) is 7.08. The number of halogens is 1. The third-order valence-corrected chi connectivity index (χ3v) is 5.10. The molecular weight excluding hydrogens is 353 g/mol. The molecule has 0 radical (unpaired) electrons. The molecule has 1 N–H and O–H groups in total. The van der Waals surface area contributed by atoms with Crippen LogP contribution in [-0.2, 0) is 0 Å². The Hall–Kier alpha value is -2.79. The average Bonchev–Trinajstić information content (AvgIpc) is 3.23. The average molecular weight is 377 g/mol. The van der Waals surface area contributed by atoms with Crippen molar-refractivity contribution in [2.24, 2.45) is 0 Å². The van der Waals surface area contributed by atoms with E-state index in [1.165, 1.54) is 24.5 Å². The number of allylic oxidation sites excluding steroid dienone is 1. The summed E-state index contributed by atoms with van der Waals surface area (Å²) in [6, 6.07) is 15.9. The number of aromatic nitrogens is 2. The van der Waals surface area contributed by atoms with E-state index in [0.717, 1.165) is 31.4 Å². The summed E-state index contributed by atoms with van der Waals surface area (Å²) in [5.74, 6) is 0.534. The fourth-order valence-corrected chi connectivity index (χ4v) is 3.60. The van der Waals surface area contributed by atoms with Crippen molar-refractivity contribution >= 4 is 0 Å². The van der Waals surface area contributed by atoms with E-state index in [1.807, 2.05) is 36.4 Å². The van der Waals surface area contributed by atoms with Gasteiger partial charge in [0.05, 0.1) is 0 Å². The van der Waals surface area contributed by atoms with Gasteiger partial charge in [-0.2, -0.15) is 0 Å². The smallest absolute Gasteiger partial charge is 0.247 e. The van der Waals surface area contributed by atoms with Crippen molar-refractivity contribution in [1.82, 2.24) is 15.5 Å². The quantitative estimate of drug-likeness (QED) is 0.557. The number of benzene rings is 2. The molecule has 0 saturated carbocycles. The third-order valence-electron chi connectivity index (χ3n) is 5.10. The lowest BCUT2D eigenvalue weighted by Crippen LogP contribution is -2.25. The zero-order valence-electron chi connectivity index (χ0n) is 15.8. The minimum Gasteiger partial charge on any atom is -0.419 e. The number of rotatable bonds is 7. The molecule has 1 aromatic heterocycles. The molecule has 0 unspecified atom stereocenters. The summed E-state index contributed by atoms with van der Waals surface area (Å²) in [7, 11) is 0. The highest BCUT2D eigenvalue weighted by Gasteiger charge is 2.23. The maximum atomic E-state index is 14.5. The molecule has 0 fully saturated rings. The maximum Gasteiger partial charge on any atom is 0.247 e. The topological polar surface area (TPSA) is 51.0 Å². The molecule has 1 aliphatic carbocycles. The molecule has 5 heteroatoms. The SMILES string of the molecule is Fc1ccccc1[C@H](NCCC1=CCCCC1)c1nnc(-c2ccccc2)o1. The largest absolute Gasteiger partial charge is 0.419 e. The zero-order valence-corrected chi connectivity index (χ0v) is 15.8. The second-order valence-electron chi connectivity index (χ2n) is 7.08. The third kappa shape index (κ3) is 4.37. The van der Waals surface area contributed by atoms with Crippen molar-refractivity contribution in [2.75, 3.05) is 6.54 Å². The van der Waals surface area contributed by atoms with Gasteiger partial charge >= 0.3 is 0 Å². The lowest BCUT2D eigenvalue weighted by Gasteiger charge is -2.18. The lowest BCUT2D eigenvalue weighted by atomic mass is 9.97. The number of hydrogen-bond donors (Lipinski definition) is 1. The van der Waals surface area contributed by atoms with Gasteiger partial charge in [0, 0.05) is 11.1 Å². The Morgan fingerprint density at radius 1 is 1.00 bits per heavy atom. The van der Waals surface area contributed by atoms with Crippen molar-refractivity contribution < 1.29 is 8.81 Å². The van der Waals surface area contributed by atoms with E-state index >= 15 is 0 Å². The summed E-state index contributed by atoms with van der Waals surface area (Å²) in [6.45, 7) is 0.730. The van der Waals surface area contributed by atoms with Gasteiger partial charge in [0.25, 0.3) is 0 Å². The van der Waals surface area contributed by atoms with E-state index in [4.69, 9.17) is 4.42 Å². The van der Waals surface area contributed by atoms with Gasteiger partial charge in [0.1, 0.15) is 11.9 Å². The minimum absolute atomic E-state index is 0.281. The molecule has 2 aromatic carbocycles. The summed E-state index contributed by atoms with van der Waals surface area (Å²) in [6.07, 6.45) is 8.14. The van der Waals surface area contributed by atoms with Gasteiger partial charge in [-0.25, -0.2) is 4.39 Å². The van der Waals surface area contributed by atoms with Gasteiger partial charge in [0.15, 0.2) is 0 Å². The van der Waals surface area contributed by atoms with Crippen LogP contribution in [0.2, 0.25) is 0 Å². The van der Waals surface area contributed by atoms with Gasteiger partial charge in [-0.3, -0.25) is 0 Å². The number of nitrogens with one attached hydrogen (secondary N) is 1. The van der Waals surface area contributed by atoms with Gasteiger partial charge in [-0.15, -0.1) is 10.2 Å². The molecule has 4 rings (SSSR count). The van der Waals surface area contributed by atoms with Gasteiger partial charge in [-0.1, -0.05) is 48.0 Å². The van der Waals surface area contributed by atoms with E-state index in [1.54, 1.807) is 12.1 Å². The first-order valence-electron chi connectivity index (χ1n) is 9.86. The van der Waals surface area contributed by atoms with Crippen LogP contribution in [-0.4, -0.2) is 16.7 Å². The molecule has 1 heterocycles. The number of nitrogens with zero attached hydrogens (tertiary/aromatic N) is 2. The zero-order chi connectivity index (χ0) is 19.2. The molecule has 28 heavy (non-hydrogen) atoms. The first kappa shape index (κ1) is 18.6. The highest BCUT2D eigenvalue weighted by Crippen LogP contribution is 2.27. The summed E-state index contributed by atoms with van der Waals surface area (Å²) in [4.78, 5) is 0. The fourth-order valence-electron chi connectivity index (χ4n) is 3.60. The molecule has 3 aromatic rings. The van der Waals surface area contributed by atoms with Crippen molar-refractivity contribution in [3.05, 3.63) is 83.5 Å². The molecular formula is C23H24FN3O. The summed E-state index contributed by atoms with van der Waals surface area (Å²) in [5, 5.41) is 11.8. The van der Waals surface area contributed by atoms with E-state index in [9.17, 15) is 4.39 Å². The van der Waals surface area contributed by atoms with Gasteiger partial charge < -0.3 is 9.73 Å². The molecule has 144 valence electrons. The van der Waals surface area contributed by atoms with Gasteiger partial charge in [-0.05, 0) is 56.8 Å². The van der Waals surface area contributed by atoms with Crippen LogP contribution in [0.3, 0.4) is 0 Å². The van der Waals surface area contributed by atoms with Gasteiger partial charge in [0.2, 0.25) is 11.8 Å². The predicted molar refractivity (Wildman–Crippen MR) is 107 cm³/mol. The Bertz CT molecular complexity index is 936. The summed E-state index contributed by atoms with van der Waals surface area (Å²) in [5.41, 5.74) is 2.84. The van der Waals surface area contributed by atoms with E-state index in [2.05, 4.69) is 21.6 Å². The molecule has 1 aliphatic rings. The molecule has 0 spiro atoms. The van der Waals surface area contributed by atoms with Crippen LogP contribution in [0.25, 0.3) is 11.5 Å². The van der Waals surface area contributed by atoms with Crippen LogP contribution in [0.15, 0.2) is 70.7 Å². The molecule has 4 nitrogen and oxygen atoms in total. The maximum absolute atomic E-state index is 14.5. The van der Waals surface area contributed by atoms with Crippen LogP contribution in [0.4, 0.5) is 4.39 Å². The minimum atomic E-state index is -0.477. The standard InChI is InChI=1S/C23H24FN3O/c24-20-14-8-7-13-19(20)21(25-16-15-17-9-3-1-4-10-17)23-27-26-22(28-23)18-11-5-2-6-12-18/h2,5-9,11-14,21,25H,1,3-4,10,15-16H2/t21-/m0/s1. The predicted octanol–water partition coefficient (Wildman–Crippen LogP) is 5.45. The molecule has 0 bridgehead atoms. The second kappa shape index (κ2) is 8.93. The van der Waals surface area contributed by atoms with Crippen LogP contribution in [0.1, 0.15) is 49.6 Å². The van der Waals surface area contributed by atoms with Crippen molar-refractivity contribution in [3.8, 4) is 11.5 Å². The summed E-state index contributed by atoms with van der Waals surface area (Å²) >= 11 is 0. The van der Waals surface area contributed by atoms with E-state index in [0.29, 0.717) is 17.3 Å². The Labute approximate surface area is 164 Å². The normalized spacial score (nSPS) is 15.2. The van der Waals surface area contributed by atoms with Crippen LogP contribution < -0.4 is 5.32 Å². The number of hydrogen-bond acceptors (Lipinski definition) is 4. The van der Waals surface area contributed by atoms with Crippen LogP contribution in [0, 0.1) is 5.82 Å². The molecule has 0 amide bonds. The first-order chi connectivity index (χ1) is 13.8. The Morgan fingerprint density at radius 3 is 2.61 bits per heavy atom.